The van der Waals surface area contributed by atoms with Gasteiger partial charge in [0.05, 0.1) is 23.9 Å². The van der Waals surface area contributed by atoms with Gasteiger partial charge in [0.25, 0.3) is 5.91 Å². The van der Waals surface area contributed by atoms with Gasteiger partial charge in [0.1, 0.15) is 5.69 Å². The molecule has 1 amide bonds. The number of aromatic nitrogens is 2. The van der Waals surface area contributed by atoms with Gasteiger partial charge < -0.3 is 10.1 Å². The number of nitrogens with zero attached hydrogens (tertiary/aromatic N) is 3. The second-order valence-electron chi connectivity index (χ2n) is 6.84. The molecule has 2 aliphatic rings. The molecular weight excluding hydrogens is 336 g/mol. The number of hydrogen-bond donors (Lipinski definition) is 1. The van der Waals surface area contributed by atoms with Crippen LogP contribution in [0.4, 0.5) is 0 Å². The number of thiazole rings is 1. The molecule has 25 heavy (non-hydrogen) atoms. The second-order valence-corrected chi connectivity index (χ2v) is 7.56. The lowest BCUT2D eigenvalue weighted by Crippen LogP contribution is -2.34. The van der Waals surface area contributed by atoms with Crippen LogP contribution in [0.1, 0.15) is 21.9 Å². The molecule has 0 aliphatic carbocycles. The summed E-state index contributed by atoms with van der Waals surface area (Å²) in [6, 6.07) is 6.15. The Hall–Kier alpha value is -1.83. The first-order valence-electron chi connectivity index (χ1n) is 8.62. The highest BCUT2D eigenvalue weighted by molar-refractivity contribution is 7.07. The van der Waals surface area contributed by atoms with Crippen LogP contribution < -0.4 is 5.32 Å². The van der Waals surface area contributed by atoms with Crippen molar-refractivity contribution < 1.29 is 9.53 Å². The molecular formula is C18H22N4O2S. The van der Waals surface area contributed by atoms with E-state index in [2.05, 4.69) is 32.3 Å². The van der Waals surface area contributed by atoms with Crippen LogP contribution in [-0.2, 0) is 11.3 Å². The molecule has 2 saturated heterocycles. The van der Waals surface area contributed by atoms with Crippen molar-refractivity contribution in [2.45, 2.75) is 19.6 Å². The van der Waals surface area contributed by atoms with Crippen molar-refractivity contribution in [1.82, 2.24) is 20.2 Å². The fourth-order valence-corrected chi connectivity index (χ4v) is 4.31. The van der Waals surface area contributed by atoms with Crippen LogP contribution in [0, 0.1) is 18.8 Å². The number of carbonyl (C=O) groups is 1. The SMILES string of the molecule is Cc1cccc(CN2C[C@H]3[C@H](CNC(=O)c4cscn4)CO[C@H]3C2)n1. The molecule has 0 bridgehead atoms. The van der Waals surface area contributed by atoms with Crippen molar-refractivity contribution in [3.05, 3.63) is 46.2 Å². The Morgan fingerprint density at radius 3 is 3.16 bits per heavy atom. The molecule has 2 aliphatic heterocycles. The van der Waals surface area contributed by atoms with Crippen LogP contribution in [0.15, 0.2) is 29.1 Å². The number of likely N-dealkylation sites (tertiary alicyclic amines) is 1. The van der Waals surface area contributed by atoms with Crippen molar-refractivity contribution in [1.29, 1.82) is 0 Å². The normalized spacial score (nSPS) is 25.9. The van der Waals surface area contributed by atoms with Crippen LogP contribution in [0.2, 0.25) is 0 Å². The summed E-state index contributed by atoms with van der Waals surface area (Å²) in [4.78, 5) is 23.1. The highest BCUT2D eigenvalue weighted by Gasteiger charge is 2.43. The minimum absolute atomic E-state index is 0.0940. The number of amides is 1. The van der Waals surface area contributed by atoms with Gasteiger partial charge in [-0.15, -0.1) is 11.3 Å². The first-order chi connectivity index (χ1) is 12.2. The zero-order valence-corrected chi connectivity index (χ0v) is 15.0. The Labute approximate surface area is 151 Å². The maximum atomic E-state index is 12.1. The third-order valence-electron chi connectivity index (χ3n) is 5.04. The first-order valence-corrected chi connectivity index (χ1v) is 9.56. The number of nitrogens with one attached hydrogen (secondary N) is 1. The average molecular weight is 358 g/mol. The Morgan fingerprint density at radius 2 is 2.36 bits per heavy atom. The van der Waals surface area contributed by atoms with Crippen molar-refractivity contribution in [2.75, 3.05) is 26.2 Å². The van der Waals surface area contributed by atoms with Gasteiger partial charge >= 0.3 is 0 Å². The molecule has 0 aromatic carbocycles. The Kier molecular flexibility index (Phi) is 4.78. The fraction of sp³-hybridized carbons (Fsp3) is 0.500. The highest BCUT2D eigenvalue weighted by Crippen LogP contribution is 2.33. The van der Waals surface area contributed by atoms with E-state index in [-0.39, 0.29) is 12.0 Å². The molecule has 0 radical (unpaired) electrons. The summed E-state index contributed by atoms with van der Waals surface area (Å²) < 4.78 is 5.98. The van der Waals surface area contributed by atoms with Gasteiger partial charge in [0.15, 0.2) is 0 Å². The van der Waals surface area contributed by atoms with E-state index >= 15 is 0 Å². The largest absolute Gasteiger partial charge is 0.376 e. The lowest BCUT2D eigenvalue weighted by Gasteiger charge is -2.19. The van der Waals surface area contributed by atoms with E-state index in [0.29, 0.717) is 24.1 Å². The van der Waals surface area contributed by atoms with E-state index < -0.39 is 0 Å². The molecule has 7 heteroatoms. The van der Waals surface area contributed by atoms with Crippen LogP contribution in [-0.4, -0.2) is 53.1 Å². The lowest BCUT2D eigenvalue weighted by atomic mass is 9.93. The monoisotopic (exact) mass is 358 g/mol. The topological polar surface area (TPSA) is 67.4 Å². The van der Waals surface area contributed by atoms with Crippen LogP contribution >= 0.6 is 11.3 Å². The average Bonchev–Trinajstić information content (AvgIpc) is 3.30. The predicted molar refractivity (Wildman–Crippen MR) is 95.4 cm³/mol. The van der Waals surface area contributed by atoms with Crippen molar-refractivity contribution >= 4 is 17.2 Å². The van der Waals surface area contributed by atoms with E-state index in [1.54, 1.807) is 10.9 Å². The Bertz CT molecular complexity index is 736. The van der Waals surface area contributed by atoms with Crippen LogP contribution in [0.25, 0.3) is 0 Å². The molecule has 0 spiro atoms. The number of ether oxygens (including phenoxy) is 1. The molecule has 2 aromatic heterocycles. The lowest BCUT2D eigenvalue weighted by molar-refractivity contribution is 0.0900. The highest BCUT2D eigenvalue weighted by atomic mass is 32.1. The molecule has 2 aromatic rings. The molecule has 0 saturated carbocycles. The van der Waals surface area contributed by atoms with Crippen molar-refractivity contribution in [3.63, 3.8) is 0 Å². The van der Waals surface area contributed by atoms with Gasteiger partial charge in [-0.2, -0.15) is 0 Å². The smallest absolute Gasteiger partial charge is 0.270 e. The molecule has 0 unspecified atom stereocenters. The van der Waals surface area contributed by atoms with Crippen molar-refractivity contribution in [2.24, 2.45) is 11.8 Å². The van der Waals surface area contributed by atoms with E-state index in [1.165, 1.54) is 11.3 Å². The summed E-state index contributed by atoms with van der Waals surface area (Å²) in [5.74, 6) is 0.743. The first kappa shape index (κ1) is 16.6. The third kappa shape index (κ3) is 3.73. The predicted octanol–water partition coefficient (Wildman–Crippen LogP) is 1.72. The molecule has 2 fully saturated rings. The number of pyridine rings is 1. The number of aryl methyl sites for hydroxylation is 1. The number of fused-ring (bicyclic) bond motifs is 1. The Morgan fingerprint density at radius 1 is 1.44 bits per heavy atom. The third-order valence-corrected chi connectivity index (χ3v) is 5.62. The van der Waals surface area contributed by atoms with E-state index in [9.17, 15) is 4.79 Å². The van der Waals surface area contributed by atoms with E-state index in [1.807, 2.05) is 13.0 Å². The molecule has 132 valence electrons. The number of hydrogen-bond acceptors (Lipinski definition) is 6. The van der Waals surface area contributed by atoms with E-state index in [0.717, 1.165) is 37.6 Å². The second kappa shape index (κ2) is 7.19. The Balaban J connectivity index is 1.31. The standard InChI is InChI=1S/C18H22N4O2S/c1-12-3-2-4-14(21-12)6-22-7-15-13(9-24-17(15)8-22)5-19-18(23)16-10-25-11-20-16/h2-4,10-11,13,15,17H,5-9H2,1H3,(H,19,23)/t13-,15+,17+/m1/s1. The van der Waals surface area contributed by atoms with Crippen LogP contribution in [0.5, 0.6) is 0 Å². The van der Waals surface area contributed by atoms with Gasteiger partial charge in [-0.3, -0.25) is 14.7 Å². The quantitative estimate of drug-likeness (QED) is 0.882. The maximum Gasteiger partial charge on any atom is 0.270 e. The van der Waals surface area contributed by atoms with Gasteiger partial charge in [-0.05, 0) is 19.1 Å². The van der Waals surface area contributed by atoms with Gasteiger partial charge in [0.2, 0.25) is 0 Å². The van der Waals surface area contributed by atoms with Gasteiger partial charge in [-0.25, -0.2) is 4.98 Å². The molecule has 4 heterocycles. The maximum absolute atomic E-state index is 12.1. The molecule has 3 atom stereocenters. The van der Waals surface area contributed by atoms with E-state index in [4.69, 9.17) is 4.74 Å². The zero-order chi connectivity index (χ0) is 17.2. The summed E-state index contributed by atoms with van der Waals surface area (Å²) in [5.41, 5.74) is 4.33. The summed E-state index contributed by atoms with van der Waals surface area (Å²) >= 11 is 1.43. The fourth-order valence-electron chi connectivity index (χ4n) is 3.77. The molecule has 4 rings (SSSR count). The molecule has 6 nitrogen and oxygen atoms in total. The van der Waals surface area contributed by atoms with Crippen LogP contribution in [0.3, 0.4) is 0 Å². The summed E-state index contributed by atoms with van der Waals surface area (Å²) in [5, 5.41) is 4.78. The number of rotatable bonds is 5. The van der Waals surface area contributed by atoms with Gasteiger partial charge in [-0.1, -0.05) is 6.07 Å². The summed E-state index contributed by atoms with van der Waals surface area (Å²) in [6.07, 6.45) is 0.269. The number of carbonyl (C=O) groups excluding carboxylic acids is 1. The summed E-state index contributed by atoms with van der Waals surface area (Å²) in [7, 11) is 0. The summed E-state index contributed by atoms with van der Waals surface area (Å²) in [6.45, 7) is 6.19. The van der Waals surface area contributed by atoms with Crippen molar-refractivity contribution in [3.8, 4) is 0 Å². The zero-order valence-electron chi connectivity index (χ0n) is 14.2. The minimum Gasteiger partial charge on any atom is -0.376 e. The molecule has 1 N–H and O–H groups in total. The van der Waals surface area contributed by atoms with Gasteiger partial charge in [0, 0.05) is 49.1 Å². The minimum atomic E-state index is -0.0940.